The molecule has 0 spiro atoms. The van der Waals surface area contributed by atoms with E-state index in [2.05, 4.69) is 36.5 Å². The van der Waals surface area contributed by atoms with Gasteiger partial charge in [-0.1, -0.05) is 28.1 Å². The van der Waals surface area contributed by atoms with Crippen LogP contribution in [0.3, 0.4) is 0 Å². The standard InChI is InChI=1S/C18H12BrN5O/c19-14-5-1-13(2-6-14)18(25)21-15-7-3-12(4-8-15)16-9-10-17-22-20-11-24(17)23-16/h1-11H,(H,21,25). The Morgan fingerprint density at radius 1 is 0.960 bits per heavy atom. The minimum absolute atomic E-state index is 0.149. The van der Waals surface area contributed by atoms with E-state index in [9.17, 15) is 4.79 Å². The van der Waals surface area contributed by atoms with Gasteiger partial charge in [0.05, 0.1) is 5.69 Å². The highest BCUT2D eigenvalue weighted by atomic mass is 79.9. The highest BCUT2D eigenvalue weighted by Crippen LogP contribution is 2.20. The zero-order valence-electron chi connectivity index (χ0n) is 12.9. The van der Waals surface area contributed by atoms with E-state index in [1.54, 1.807) is 23.0 Å². The molecule has 2 heterocycles. The van der Waals surface area contributed by atoms with E-state index in [0.29, 0.717) is 11.2 Å². The highest BCUT2D eigenvalue weighted by molar-refractivity contribution is 9.10. The number of carbonyl (C=O) groups excluding carboxylic acids is 1. The summed E-state index contributed by atoms with van der Waals surface area (Å²) in [5.41, 5.74) is 3.77. The first-order valence-corrected chi connectivity index (χ1v) is 8.33. The molecule has 1 N–H and O–H groups in total. The summed E-state index contributed by atoms with van der Waals surface area (Å²) in [6, 6.07) is 18.5. The number of halogens is 1. The van der Waals surface area contributed by atoms with Gasteiger partial charge in [-0.3, -0.25) is 4.79 Å². The molecule has 0 fully saturated rings. The predicted octanol–water partition coefficient (Wildman–Crippen LogP) is 3.81. The molecule has 0 bridgehead atoms. The van der Waals surface area contributed by atoms with Crippen molar-refractivity contribution in [3.8, 4) is 11.3 Å². The molecule has 25 heavy (non-hydrogen) atoms. The van der Waals surface area contributed by atoms with E-state index in [1.807, 2.05) is 48.5 Å². The lowest BCUT2D eigenvalue weighted by atomic mass is 10.1. The number of nitrogens with zero attached hydrogens (tertiary/aromatic N) is 4. The molecule has 0 aliphatic rings. The van der Waals surface area contributed by atoms with Crippen molar-refractivity contribution < 1.29 is 4.79 Å². The number of amides is 1. The molecule has 1 amide bonds. The van der Waals surface area contributed by atoms with Gasteiger partial charge >= 0.3 is 0 Å². The molecule has 2 aromatic heterocycles. The van der Waals surface area contributed by atoms with Crippen LogP contribution in [0.4, 0.5) is 5.69 Å². The third kappa shape index (κ3) is 3.27. The van der Waals surface area contributed by atoms with Crippen LogP contribution in [0.5, 0.6) is 0 Å². The first-order valence-electron chi connectivity index (χ1n) is 7.53. The van der Waals surface area contributed by atoms with Crippen LogP contribution in [-0.2, 0) is 0 Å². The second-order valence-electron chi connectivity index (χ2n) is 5.39. The van der Waals surface area contributed by atoms with Crippen molar-refractivity contribution in [2.45, 2.75) is 0 Å². The first kappa shape index (κ1) is 15.5. The summed E-state index contributed by atoms with van der Waals surface area (Å²) in [7, 11) is 0. The van der Waals surface area contributed by atoms with Gasteiger partial charge in [-0.25, -0.2) is 0 Å². The molecule has 7 heteroatoms. The predicted molar refractivity (Wildman–Crippen MR) is 98.3 cm³/mol. The molecule has 0 saturated carbocycles. The van der Waals surface area contributed by atoms with Gasteiger partial charge in [0.1, 0.15) is 6.33 Å². The van der Waals surface area contributed by atoms with E-state index in [0.717, 1.165) is 21.4 Å². The van der Waals surface area contributed by atoms with Crippen molar-refractivity contribution in [3.63, 3.8) is 0 Å². The quantitative estimate of drug-likeness (QED) is 0.574. The van der Waals surface area contributed by atoms with Crippen LogP contribution in [0, 0.1) is 0 Å². The number of hydrogen-bond donors (Lipinski definition) is 1. The van der Waals surface area contributed by atoms with Gasteiger partial charge < -0.3 is 5.32 Å². The molecule has 0 radical (unpaired) electrons. The average molecular weight is 394 g/mol. The van der Waals surface area contributed by atoms with Crippen molar-refractivity contribution in [1.29, 1.82) is 0 Å². The fourth-order valence-electron chi connectivity index (χ4n) is 2.41. The lowest BCUT2D eigenvalue weighted by Crippen LogP contribution is -2.11. The van der Waals surface area contributed by atoms with E-state index >= 15 is 0 Å². The van der Waals surface area contributed by atoms with Crippen molar-refractivity contribution in [1.82, 2.24) is 19.8 Å². The zero-order valence-corrected chi connectivity index (χ0v) is 14.5. The molecule has 0 aliphatic heterocycles. The Labute approximate surface area is 151 Å². The molecule has 0 atom stereocenters. The molecule has 0 aliphatic carbocycles. The normalized spacial score (nSPS) is 10.8. The Morgan fingerprint density at radius 3 is 2.48 bits per heavy atom. The lowest BCUT2D eigenvalue weighted by molar-refractivity contribution is 0.102. The van der Waals surface area contributed by atoms with E-state index in [4.69, 9.17) is 0 Å². The van der Waals surface area contributed by atoms with Gasteiger partial charge in [-0.2, -0.15) is 9.61 Å². The first-order chi connectivity index (χ1) is 12.2. The van der Waals surface area contributed by atoms with Crippen LogP contribution in [0.2, 0.25) is 0 Å². The number of rotatable bonds is 3. The number of benzene rings is 2. The summed E-state index contributed by atoms with van der Waals surface area (Å²) in [4.78, 5) is 12.2. The topological polar surface area (TPSA) is 72.2 Å². The van der Waals surface area contributed by atoms with Crippen LogP contribution >= 0.6 is 15.9 Å². The SMILES string of the molecule is O=C(Nc1ccc(-c2ccc3nncn3n2)cc1)c1ccc(Br)cc1. The van der Waals surface area contributed by atoms with Crippen molar-refractivity contribution in [3.05, 3.63) is 77.0 Å². The Morgan fingerprint density at radius 2 is 1.72 bits per heavy atom. The second-order valence-corrected chi connectivity index (χ2v) is 6.31. The largest absolute Gasteiger partial charge is 0.322 e. The number of aromatic nitrogens is 4. The summed E-state index contributed by atoms with van der Waals surface area (Å²) >= 11 is 3.36. The maximum atomic E-state index is 12.2. The monoisotopic (exact) mass is 393 g/mol. The molecule has 0 unspecified atom stereocenters. The molecule has 2 aromatic carbocycles. The van der Waals surface area contributed by atoms with E-state index < -0.39 is 0 Å². The van der Waals surface area contributed by atoms with Gasteiger partial charge in [0, 0.05) is 21.3 Å². The fraction of sp³-hybridized carbons (Fsp3) is 0. The summed E-state index contributed by atoms with van der Waals surface area (Å²) in [6.07, 6.45) is 1.56. The smallest absolute Gasteiger partial charge is 0.255 e. The third-order valence-corrected chi connectivity index (χ3v) is 4.24. The van der Waals surface area contributed by atoms with E-state index in [-0.39, 0.29) is 5.91 Å². The average Bonchev–Trinajstić information content (AvgIpc) is 3.10. The highest BCUT2D eigenvalue weighted by Gasteiger charge is 2.07. The molecule has 122 valence electrons. The Kier molecular flexibility index (Phi) is 3.99. The number of anilines is 1. The molecular formula is C18H12BrN5O. The van der Waals surface area contributed by atoms with Crippen LogP contribution in [0.25, 0.3) is 16.9 Å². The summed E-state index contributed by atoms with van der Waals surface area (Å²) in [5.74, 6) is -0.149. The summed E-state index contributed by atoms with van der Waals surface area (Å²) in [6.45, 7) is 0. The number of hydrogen-bond acceptors (Lipinski definition) is 4. The molecule has 0 saturated heterocycles. The minimum Gasteiger partial charge on any atom is -0.322 e. The summed E-state index contributed by atoms with van der Waals surface area (Å²) in [5, 5.41) is 15.1. The second kappa shape index (κ2) is 6.45. The van der Waals surface area contributed by atoms with Gasteiger partial charge in [0.15, 0.2) is 5.65 Å². The van der Waals surface area contributed by atoms with Crippen molar-refractivity contribution in [2.75, 3.05) is 5.32 Å². The fourth-order valence-corrected chi connectivity index (χ4v) is 2.68. The third-order valence-electron chi connectivity index (χ3n) is 3.71. The van der Waals surface area contributed by atoms with Crippen LogP contribution in [0.15, 0.2) is 71.5 Å². The van der Waals surface area contributed by atoms with E-state index in [1.165, 1.54) is 0 Å². The van der Waals surface area contributed by atoms with Crippen molar-refractivity contribution in [2.24, 2.45) is 0 Å². The van der Waals surface area contributed by atoms with Crippen molar-refractivity contribution >= 4 is 33.2 Å². The maximum absolute atomic E-state index is 12.2. The zero-order chi connectivity index (χ0) is 17.2. The molecule has 4 aromatic rings. The van der Waals surface area contributed by atoms with Crippen LogP contribution in [-0.4, -0.2) is 25.7 Å². The molecule has 4 rings (SSSR count). The van der Waals surface area contributed by atoms with Gasteiger partial charge in [-0.15, -0.1) is 10.2 Å². The number of carbonyl (C=O) groups is 1. The number of nitrogens with one attached hydrogen (secondary N) is 1. The molecule has 6 nitrogen and oxygen atoms in total. The molecular weight excluding hydrogens is 382 g/mol. The van der Waals surface area contributed by atoms with Gasteiger partial charge in [0.2, 0.25) is 0 Å². The van der Waals surface area contributed by atoms with Gasteiger partial charge in [-0.05, 0) is 48.5 Å². The lowest BCUT2D eigenvalue weighted by Gasteiger charge is -2.07. The Bertz CT molecular complexity index is 1040. The number of fused-ring (bicyclic) bond motifs is 1. The minimum atomic E-state index is -0.149. The van der Waals surface area contributed by atoms with Crippen LogP contribution < -0.4 is 5.32 Å². The maximum Gasteiger partial charge on any atom is 0.255 e. The Balaban J connectivity index is 1.53. The van der Waals surface area contributed by atoms with Crippen LogP contribution in [0.1, 0.15) is 10.4 Å². The Hall–Kier alpha value is -3.06. The van der Waals surface area contributed by atoms with Gasteiger partial charge in [0.25, 0.3) is 5.91 Å². The summed E-state index contributed by atoms with van der Waals surface area (Å²) < 4.78 is 2.56.